The molecule has 1 atom stereocenters. The second-order valence-corrected chi connectivity index (χ2v) is 10.1. The number of benzene rings is 3. The number of rotatable bonds is 5. The van der Waals surface area contributed by atoms with Gasteiger partial charge in [0.15, 0.2) is 0 Å². The van der Waals surface area contributed by atoms with Crippen LogP contribution < -0.4 is 10.0 Å². The molecule has 170 valence electrons. The predicted octanol–water partition coefficient (Wildman–Crippen LogP) is 4.52. The number of hydrogen-bond donors (Lipinski definition) is 2. The lowest BCUT2D eigenvalue weighted by Gasteiger charge is -2.36. The van der Waals surface area contributed by atoms with Crippen molar-refractivity contribution in [3.63, 3.8) is 0 Å². The average molecular weight is 472 g/mol. The maximum atomic E-state index is 14.2. The molecule has 1 saturated carbocycles. The highest BCUT2D eigenvalue weighted by Gasteiger charge is 2.52. The SMILES string of the molecule is O=C1CCC12CNc1c(Cc3ccc(F)cc3)cc(NS(=O)(=O)c3ccc(F)cc3F)cc12. The van der Waals surface area contributed by atoms with Gasteiger partial charge in [0, 0.05) is 30.4 Å². The van der Waals surface area contributed by atoms with Crippen molar-refractivity contribution in [3.8, 4) is 0 Å². The van der Waals surface area contributed by atoms with E-state index in [1.54, 1.807) is 24.3 Å². The number of carbonyl (C=O) groups is 1. The summed E-state index contributed by atoms with van der Waals surface area (Å²) in [6.07, 6.45) is 1.45. The number of fused-ring (bicyclic) bond motifs is 2. The smallest absolute Gasteiger partial charge is 0.264 e. The van der Waals surface area contributed by atoms with Gasteiger partial charge in [0.05, 0.1) is 5.41 Å². The lowest BCUT2D eigenvalue weighted by Crippen LogP contribution is -2.46. The maximum Gasteiger partial charge on any atom is 0.264 e. The number of nitrogens with one attached hydrogen (secondary N) is 2. The number of ketones is 1. The summed E-state index contributed by atoms with van der Waals surface area (Å²) in [5.41, 5.74) is 2.41. The summed E-state index contributed by atoms with van der Waals surface area (Å²) in [5.74, 6) is -2.39. The Morgan fingerprint density at radius 1 is 0.970 bits per heavy atom. The predicted molar refractivity (Wildman–Crippen MR) is 117 cm³/mol. The van der Waals surface area contributed by atoms with E-state index >= 15 is 0 Å². The van der Waals surface area contributed by atoms with E-state index in [0.29, 0.717) is 43.0 Å². The quantitative estimate of drug-likeness (QED) is 0.573. The fraction of sp³-hybridized carbons (Fsp3) is 0.208. The van der Waals surface area contributed by atoms with Gasteiger partial charge in [-0.05, 0) is 65.9 Å². The molecule has 1 heterocycles. The monoisotopic (exact) mass is 472 g/mol. The molecule has 1 fully saturated rings. The molecule has 1 aliphatic heterocycles. The van der Waals surface area contributed by atoms with Gasteiger partial charge in [0.25, 0.3) is 10.0 Å². The van der Waals surface area contributed by atoms with Crippen LogP contribution in [-0.2, 0) is 26.7 Å². The Hall–Kier alpha value is -3.33. The van der Waals surface area contributed by atoms with Gasteiger partial charge in [0.1, 0.15) is 28.1 Å². The Balaban J connectivity index is 1.57. The Morgan fingerprint density at radius 2 is 1.70 bits per heavy atom. The molecule has 0 bridgehead atoms. The molecule has 1 aliphatic carbocycles. The average Bonchev–Trinajstić information content (AvgIpc) is 3.16. The van der Waals surface area contributed by atoms with Crippen LogP contribution in [-0.4, -0.2) is 20.7 Å². The van der Waals surface area contributed by atoms with Crippen molar-refractivity contribution in [3.05, 3.63) is 88.7 Å². The van der Waals surface area contributed by atoms with Gasteiger partial charge in [-0.2, -0.15) is 0 Å². The Morgan fingerprint density at radius 3 is 2.33 bits per heavy atom. The lowest BCUT2D eigenvalue weighted by atomic mass is 9.64. The van der Waals surface area contributed by atoms with Gasteiger partial charge in [0.2, 0.25) is 0 Å². The van der Waals surface area contributed by atoms with E-state index in [2.05, 4.69) is 10.0 Å². The van der Waals surface area contributed by atoms with Gasteiger partial charge >= 0.3 is 0 Å². The Kier molecular flexibility index (Phi) is 4.97. The molecular formula is C24H19F3N2O3S. The van der Waals surface area contributed by atoms with Crippen LogP contribution in [0, 0.1) is 17.5 Å². The van der Waals surface area contributed by atoms with Crippen LogP contribution in [0.15, 0.2) is 59.5 Å². The summed E-state index contributed by atoms with van der Waals surface area (Å²) >= 11 is 0. The summed E-state index contributed by atoms with van der Waals surface area (Å²) < 4.78 is 68.8. The molecule has 0 saturated heterocycles. The normalized spacial score (nSPS) is 19.2. The second kappa shape index (κ2) is 7.62. The summed E-state index contributed by atoms with van der Waals surface area (Å²) in [5, 5.41) is 3.29. The first-order chi connectivity index (χ1) is 15.7. The maximum absolute atomic E-state index is 14.2. The van der Waals surface area contributed by atoms with Gasteiger partial charge in [-0.25, -0.2) is 21.6 Å². The van der Waals surface area contributed by atoms with E-state index in [9.17, 15) is 26.4 Å². The molecule has 3 aromatic rings. The van der Waals surface area contributed by atoms with Crippen molar-refractivity contribution in [2.75, 3.05) is 16.6 Å². The third kappa shape index (κ3) is 3.66. The van der Waals surface area contributed by atoms with Crippen LogP contribution in [0.2, 0.25) is 0 Å². The topological polar surface area (TPSA) is 75.3 Å². The van der Waals surface area contributed by atoms with E-state index in [1.807, 2.05) is 0 Å². The number of carbonyl (C=O) groups excluding carboxylic acids is 1. The fourth-order valence-electron chi connectivity index (χ4n) is 4.55. The summed E-state index contributed by atoms with van der Waals surface area (Å²) in [6, 6.07) is 11.4. The first kappa shape index (κ1) is 21.5. The van der Waals surface area contributed by atoms with Crippen LogP contribution in [0.3, 0.4) is 0 Å². The van der Waals surface area contributed by atoms with Gasteiger partial charge < -0.3 is 5.32 Å². The largest absolute Gasteiger partial charge is 0.383 e. The van der Waals surface area contributed by atoms with Crippen LogP contribution in [0.5, 0.6) is 0 Å². The molecular weight excluding hydrogens is 453 g/mol. The summed E-state index contributed by atoms with van der Waals surface area (Å²) in [7, 11) is -4.36. The number of hydrogen-bond acceptors (Lipinski definition) is 4. The van der Waals surface area contributed by atoms with E-state index in [4.69, 9.17) is 0 Å². The molecule has 0 radical (unpaired) electrons. The van der Waals surface area contributed by atoms with E-state index in [-0.39, 0.29) is 17.3 Å². The van der Waals surface area contributed by atoms with Crippen LogP contribution in [0.4, 0.5) is 24.5 Å². The highest BCUT2D eigenvalue weighted by Crippen LogP contribution is 2.50. The molecule has 5 rings (SSSR count). The summed E-state index contributed by atoms with van der Waals surface area (Å²) in [6.45, 7) is 0.417. The van der Waals surface area contributed by atoms with Crippen molar-refractivity contribution in [2.24, 2.45) is 0 Å². The number of halogens is 3. The van der Waals surface area contributed by atoms with E-state index < -0.39 is 32.0 Å². The third-order valence-corrected chi connectivity index (χ3v) is 7.77. The van der Waals surface area contributed by atoms with Gasteiger partial charge in [-0.3, -0.25) is 9.52 Å². The minimum atomic E-state index is -4.36. The number of anilines is 2. The molecule has 3 aromatic carbocycles. The van der Waals surface area contributed by atoms with Crippen molar-refractivity contribution < 1.29 is 26.4 Å². The molecule has 9 heteroatoms. The minimum absolute atomic E-state index is 0.0751. The number of Topliss-reactive ketones (excluding diaryl/α,β-unsaturated/α-hetero) is 1. The first-order valence-electron chi connectivity index (χ1n) is 10.3. The molecule has 0 amide bonds. The van der Waals surface area contributed by atoms with Crippen molar-refractivity contribution in [1.29, 1.82) is 0 Å². The molecule has 1 unspecified atom stereocenters. The molecule has 33 heavy (non-hydrogen) atoms. The standard InChI is InChI=1S/C24H19F3N2O3S/c25-16-3-1-14(2-4-16)9-15-10-18(12-19-23(15)28-13-24(19)8-7-22(24)30)29-33(31,32)21-6-5-17(26)11-20(21)27/h1-6,10-12,28-29H,7-9,13H2. The Labute approximate surface area is 188 Å². The highest BCUT2D eigenvalue weighted by atomic mass is 32.2. The highest BCUT2D eigenvalue weighted by molar-refractivity contribution is 7.92. The molecule has 5 nitrogen and oxygen atoms in total. The molecule has 1 spiro atoms. The molecule has 2 aliphatic rings. The third-order valence-electron chi connectivity index (χ3n) is 6.36. The van der Waals surface area contributed by atoms with E-state index in [1.165, 1.54) is 12.1 Å². The van der Waals surface area contributed by atoms with Gasteiger partial charge in [-0.15, -0.1) is 0 Å². The van der Waals surface area contributed by atoms with E-state index in [0.717, 1.165) is 23.4 Å². The van der Waals surface area contributed by atoms with Crippen molar-refractivity contribution >= 4 is 27.2 Å². The minimum Gasteiger partial charge on any atom is -0.383 e. The van der Waals surface area contributed by atoms with Crippen molar-refractivity contribution in [2.45, 2.75) is 29.6 Å². The zero-order chi connectivity index (χ0) is 23.4. The molecule has 2 N–H and O–H groups in total. The molecule has 0 aromatic heterocycles. The Bertz CT molecular complexity index is 1390. The van der Waals surface area contributed by atoms with Gasteiger partial charge in [-0.1, -0.05) is 12.1 Å². The fourth-order valence-corrected chi connectivity index (χ4v) is 5.65. The van der Waals surface area contributed by atoms with Crippen molar-refractivity contribution in [1.82, 2.24) is 0 Å². The number of sulfonamides is 1. The summed E-state index contributed by atoms with van der Waals surface area (Å²) in [4.78, 5) is 11.8. The zero-order valence-corrected chi connectivity index (χ0v) is 18.1. The second-order valence-electron chi connectivity index (χ2n) is 8.40. The lowest BCUT2D eigenvalue weighted by molar-refractivity contribution is -0.130. The first-order valence-corrected chi connectivity index (χ1v) is 11.8. The van der Waals surface area contributed by atoms with Crippen LogP contribution in [0.25, 0.3) is 0 Å². The zero-order valence-electron chi connectivity index (χ0n) is 17.3. The van der Waals surface area contributed by atoms with Crippen LogP contribution >= 0.6 is 0 Å². The van der Waals surface area contributed by atoms with Crippen LogP contribution in [0.1, 0.15) is 29.5 Å².